The predicted octanol–water partition coefficient (Wildman–Crippen LogP) is -0.197. The van der Waals surface area contributed by atoms with Crippen LogP contribution in [0.3, 0.4) is 0 Å². The standard InChI is InChI=1S/C10H19N3O2.ClH/c1-2-5-12-9(14)4-7-13-10(15)8-3-6-11-8;/h8,11H,2-7H2,1H3,(H,12,14)(H,13,15);1H/t8-;/m1./s1. The van der Waals surface area contributed by atoms with E-state index < -0.39 is 0 Å². The minimum absolute atomic E-state index is 0. The van der Waals surface area contributed by atoms with Gasteiger partial charge in [-0.3, -0.25) is 9.59 Å². The Bertz CT molecular complexity index is 232. The van der Waals surface area contributed by atoms with E-state index in [0.717, 1.165) is 19.4 Å². The molecule has 0 aromatic heterocycles. The van der Waals surface area contributed by atoms with Crippen LogP contribution in [-0.4, -0.2) is 37.5 Å². The van der Waals surface area contributed by atoms with Gasteiger partial charge in [0.25, 0.3) is 0 Å². The summed E-state index contributed by atoms with van der Waals surface area (Å²) in [5.74, 6) is 0.00302. The fourth-order valence-electron chi connectivity index (χ4n) is 1.29. The van der Waals surface area contributed by atoms with Crippen molar-refractivity contribution < 1.29 is 9.59 Å². The third-order valence-electron chi connectivity index (χ3n) is 2.36. The Hall–Kier alpha value is -0.810. The molecule has 1 aliphatic heterocycles. The van der Waals surface area contributed by atoms with Crippen LogP contribution in [0.25, 0.3) is 0 Å². The molecule has 1 fully saturated rings. The van der Waals surface area contributed by atoms with Crippen LogP contribution in [0.1, 0.15) is 26.2 Å². The third kappa shape index (κ3) is 5.32. The van der Waals surface area contributed by atoms with Gasteiger partial charge in [-0.05, 0) is 19.4 Å². The van der Waals surface area contributed by atoms with E-state index in [0.29, 0.717) is 19.5 Å². The third-order valence-corrected chi connectivity index (χ3v) is 2.36. The van der Waals surface area contributed by atoms with Crippen LogP contribution in [-0.2, 0) is 9.59 Å². The smallest absolute Gasteiger partial charge is 0.237 e. The van der Waals surface area contributed by atoms with Gasteiger partial charge in [-0.25, -0.2) is 0 Å². The highest BCUT2D eigenvalue weighted by atomic mass is 35.5. The lowest BCUT2D eigenvalue weighted by Gasteiger charge is -2.26. The first-order chi connectivity index (χ1) is 7.24. The summed E-state index contributed by atoms with van der Waals surface area (Å²) in [6.07, 6.45) is 2.19. The van der Waals surface area contributed by atoms with Crippen LogP contribution in [0.2, 0.25) is 0 Å². The first-order valence-electron chi connectivity index (χ1n) is 5.52. The van der Waals surface area contributed by atoms with Gasteiger partial charge >= 0.3 is 0 Å². The zero-order valence-corrected chi connectivity index (χ0v) is 10.4. The fourth-order valence-corrected chi connectivity index (χ4v) is 1.29. The number of carbonyl (C=O) groups is 2. The Morgan fingerprint density at radius 1 is 1.31 bits per heavy atom. The van der Waals surface area contributed by atoms with Crippen molar-refractivity contribution in [1.82, 2.24) is 16.0 Å². The highest BCUT2D eigenvalue weighted by Crippen LogP contribution is 2.00. The van der Waals surface area contributed by atoms with Gasteiger partial charge < -0.3 is 16.0 Å². The van der Waals surface area contributed by atoms with Gasteiger partial charge in [0.05, 0.1) is 6.04 Å². The van der Waals surface area contributed by atoms with Crippen molar-refractivity contribution in [3.05, 3.63) is 0 Å². The molecule has 1 heterocycles. The molecule has 1 rings (SSSR count). The maximum absolute atomic E-state index is 11.3. The molecule has 0 aromatic rings. The summed E-state index contributed by atoms with van der Waals surface area (Å²) < 4.78 is 0. The second-order valence-electron chi connectivity index (χ2n) is 3.69. The largest absolute Gasteiger partial charge is 0.356 e. The second-order valence-corrected chi connectivity index (χ2v) is 3.69. The van der Waals surface area contributed by atoms with Gasteiger partial charge in [0.1, 0.15) is 0 Å². The van der Waals surface area contributed by atoms with Gasteiger partial charge in [0.2, 0.25) is 11.8 Å². The molecule has 0 spiro atoms. The van der Waals surface area contributed by atoms with Gasteiger partial charge in [0.15, 0.2) is 0 Å². The van der Waals surface area contributed by atoms with Crippen LogP contribution in [0.4, 0.5) is 0 Å². The molecular formula is C10H20ClN3O2. The molecule has 2 amide bonds. The van der Waals surface area contributed by atoms with E-state index in [9.17, 15) is 9.59 Å². The van der Waals surface area contributed by atoms with Crippen molar-refractivity contribution in [3.8, 4) is 0 Å². The molecule has 3 N–H and O–H groups in total. The summed E-state index contributed by atoms with van der Waals surface area (Å²) in [6.45, 7) is 4.04. The SMILES string of the molecule is CCCNC(=O)CCNC(=O)[C@H]1CCN1.Cl. The van der Waals surface area contributed by atoms with E-state index in [2.05, 4.69) is 16.0 Å². The number of hydrogen-bond acceptors (Lipinski definition) is 3. The van der Waals surface area contributed by atoms with Crippen molar-refractivity contribution in [3.63, 3.8) is 0 Å². The molecular weight excluding hydrogens is 230 g/mol. The summed E-state index contributed by atoms with van der Waals surface area (Å²) in [6, 6.07) is -0.0382. The fraction of sp³-hybridized carbons (Fsp3) is 0.800. The van der Waals surface area contributed by atoms with Gasteiger partial charge in [-0.2, -0.15) is 0 Å². The molecule has 0 bridgehead atoms. The summed E-state index contributed by atoms with van der Waals surface area (Å²) in [4.78, 5) is 22.5. The summed E-state index contributed by atoms with van der Waals surface area (Å²) >= 11 is 0. The molecule has 0 aromatic carbocycles. The lowest BCUT2D eigenvalue weighted by Crippen LogP contribution is -2.53. The molecule has 0 unspecified atom stereocenters. The lowest BCUT2D eigenvalue weighted by molar-refractivity contribution is -0.125. The van der Waals surface area contributed by atoms with Crippen molar-refractivity contribution in [2.45, 2.75) is 32.2 Å². The average molecular weight is 250 g/mol. The maximum Gasteiger partial charge on any atom is 0.237 e. The number of halogens is 1. The Morgan fingerprint density at radius 3 is 2.50 bits per heavy atom. The summed E-state index contributed by atoms with van der Waals surface area (Å²) in [5.41, 5.74) is 0. The van der Waals surface area contributed by atoms with Crippen LogP contribution in [0.5, 0.6) is 0 Å². The molecule has 0 radical (unpaired) electrons. The van der Waals surface area contributed by atoms with Crippen molar-refractivity contribution in [1.29, 1.82) is 0 Å². The number of hydrogen-bond donors (Lipinski definition) is 3. The first-order valence-corrected chi connectivity index (χ1v) is 5.52. The molecule has 0 saturated carbocycles. The highest BCUT2D eigenvalue weighted by molar-refractivity contribution is 5.85. The number of carbonyl (C=O) groups excluding carboxylic acids is 2. The van der Waals surface area contributed by atoms with Crippen LogP contribution >= 0.6 is 12.4 Å². The summed E-state index contributed by atoms with van der Waals surface area (Å²) in [7, 11) is 0. The molecule has 1 atom stereocenters. The lowest BCUT2D eigenvalue weighted by atomic mass is 10.1. The van der Waals surface area contributed by atoms with Crippen LogP contribution < -0.4 is 16.0 Å². The molecule has 94 valence electrons. The predicted molar refractivity (Wildman–Crippen MR) is 64.6 cm³/mol. The molecule has 1 saturated heterocycles. The Balaban J connectivity index is 0.00000225. The number of nitrogens with one attached hydrogen (secondary N) is 3. The van der Waals surface area contributed by atoms with Gasteiger partial charge in [-0.1, -0.05) is 6.92 Å². The second kappa shape index (κ2) is 8.35. The normalized spacial score (nSPS) is 17.9. The Labute approximate surface area is 102 Å². The van der Waals surface area contributed by atoms with Crippen LogP contribution in [0.15, 0.2) is 0 Å². The Kier molecular flexibility index (Phi) is 7.93. The van der Waals surface area contributed by atoms with Crippen molar-refractivity contribution in [2.24, 2.45) is 0 Å². The van der Waals surface area contributed by atoms with Crippen LogP contribution in [0, 0.1) is 0 Å². The number of amides is 2. The molecule has 6 heteroatoms. The zero-order chi connectivity index (χ0) is 11.1. The van der Waals surface area contributed by atoms with Gasteiger partial charge in [0, 0.05) is 19.5 Å². The topological polar surface area (TPSA) is 70.2 Å². The van der Waals surface area contributed by atoms with Crippen molar-refractivity contribution >= 4 is 24.2 Å². The monoisotopic (exact) mass is 249 g/mol. The first kappa shape index (κ1) is 15.2. The van der Waals surface area contributed by atoms with E-state index >= 15 is 0 Å². The highest BCUT2D eigenvalue weighted by Gasteiger charge is 2.23. The van der Waals surface area contributed by atoms with E-state index in [1.807, 2.05) is 6.92 Å². The maximum atomic E-state index is 11.3. The number of rotatable bonds is 6. The van der Waals surface area contributed by atoms with E-state index in [1.54, 1.807) is 0 Å². The van der Waals surface area contributed by atoms with Crippen molar-refractivity contribution in [2.75, 3.05) is 19.6 Å². The minimum Gasteiger partial charge on any atom is -0.356 e. The van der Waals surface area contributed by atoms with E-state index in [-0.39, 0.29) is 30.3 Å². The zero-order valence-electron chi connectivity index (χ0n) is 9.54. The molecule has 16 heavy (non-hydrogen) atoms. The minimum atomic E-state index is -0.0382. The van der Waals surface area contributed by atoms with E-state index in [4.69, 9.17) is 0 Å². The Morgan fingerprint density at radius 2 is 2.00 bits per heavy atom. The molecule has 5 nitrogen and oxygen atoms in total. The quantitative estimate of drug-likeness (QED) is 0.611. The van der Waals surface area contributed by atoms with E-state index in [1.165, 1.54) is 0 Å². The average Bonchev–Trinajstić information content (AvgIpc) is 2.12. The summed E-state index contributed by atoms with van der Waals surface area (Å²) in [5, 5.41) is 8.49. The van der Waals surface area contributed by atoms with Gasteiger partial charge in [-0.15, -0.1) is 12.4 Å². The molecule has 0 aliphatic carbocycles. The molecule has 1 aliphatic rings.